The molecule has 0 saturated carbocycles. The standard InChI is InChI=1S/C23H20O2/c24-17-20-11-13-21(14-12-20)23(25)22(15-18-7-3-1-4-8-18)16-19-9-5-2-6-10-19/h1-14,17,22H,15-16H2. The number of hydrogen-bond acceptors (Lipinski definition) is 2. The predicted octanol–water partition coefficient (Wildman–Crippen LogP) is 4.78. The van der Waals surface area contributed by atoms with Crippen LogP contribution in [-0.2, 0) is 12.8 Å². The number of Topliss-reactive ketones (excluding diaryl/α,β-unsaturated/α-hetero) is 1. The van der Waals surface area contributed by atoms with Crippen molar-refractivity contribution in [2.24, 2.45) is 5.92 Å². The van der Waals surface area contributed by atoms with Gasteiger partial charge < -0.3 is 0 Å². The molecule has 0 aromatic heterocycles. The molecular formula is C23H20O2. The Morgan fingerprint density at radius 2 is 1.20 bits per heavy atom. The van der Waals surface area contributed by atoms with E-state index < -0.39 is 0 Å². The smallest absolute Gasteiger partial charge is 0.166 e. The normalized spacial score (nSPS) is 10.6. The molecule has 0 amide bonds. The van der Waals surface area contributed by atoms with Gasteiger partial charge in [-0.05, 0) is 24.0 Å². The second-order valence-corrected chi connectivity index (χ2v) is 6.18. The van der Waals surface area contributed by atoms with Crippen molar-refractivity contribution in [3.8, 4) is 0 Å². The van der Waals surface area contributed by atoms with Crippen LogP contribution in [0.5, 0.6) is 0 Å². The molecule has 2 heteroatoms. The lowest BCUT2D eigenvalue weighted by Crippen LogP contribution is -2.20. The van der Waals surface area contributed by atoms with Crippen LogP contribution in [0.1, 0.15) is 31.8 Å². The van der Waals surface area contributed by atoms with E-state index in [9.17, 15) is 9.59 Å². The van der Waals surface area contributed by atoms with Crippen LogP contribution < -0.4 is 0 Å². The molecule has 3 aromatic carbocycles. The van der Waals surface area contributed by atoms with Gasteiger partial charge in [-0.1, -0.05) is 84.9 Å². The van der Waals surface area contributed by atoms with Crippen LogP contribution in [0.3, 0.4) is 0 Å². The number of carbonyl (C=O) groups excluding carboxylic acids is 2. The van der Waals surface area contributed by atoms with Gasteiger partial charge >= 0.3 is 0 Å². The van der Waals surface area contributed by atoms with Crippen molar-refractivity contribution in [2.45, 2.75) is 12.8 Å². The number of carbonyl (C=O) groups is 2. The Morgan fingerprint density at radius 1 is 0.720 bits per heavy atom. The lowest BCUT2D eigenvalue weighted by molar-refractivity contribution is 0.0917. The molecule has 0 N–H and O–H groups in total. The average Bonchev–Trinajstić information content (AvgIpc) is 2.68. The Kier molecular flexibility index (Phi) is 5.53. The number of aldehydes is 1. The van der Waals surface area contributed by atoms with Crippen LogP contribution in [0.4, 0.5) is 0 Å². The third-order valence-corrected chi connectivity index (χ3v) is 4.35. The maximum Gasteiger partial charge on any atom is 0.166 e. The second-order valence-electron chi connectivity index (χ2n) is 6.18. The predicted molar refractivity (Wildman–Crippen MR) is 99.9 cm³/mol. The van der Waals surface area contributed by atoms with Crippen LogP contribution in [-0.4, -0.2) is 12.1 Å². The van der Waals surface area contributed by atoms with Gasteiger partial charge in [-0.15, -0.1) is 0 Å². The summed E-state index contributed by atoms with van der Waals surface area (Å²) in [5.41, 5.74) is 3.55. The summed E-state index contributed by atoms with van der Waals surface area (Å²) < 4.78 is 0. The van der Waals surface area contributed by atoms with Crippen molar-refractivity contribution in [1.82, 2.24) is 0 Å². The van der Waals surface area contributed by atoms with E-state index in [0.717, 1.165) is 17.4 Å². The molecule has 0 fully saturated rings. The van der Waals surface area contributed by atoms with E-state index in [1.807, 2.05) is 36.4 Å². The Bertz CT molecular complexity index is 779. The van der Waals surface area contributed by atoms with Crippen molar-refractivity contribution < 1.29 is 9.59 Å². The first-order valence-electron chi connectivity index (χ1n) is 8.43. The zero-order valence-electron chi connectivity index (χ0n) is 14.0. The molecule has 0 spiro atoms. The molecule has 0 bridgehead atoms. The maximum atomic E-state index is 13.1. The highest BCUT2D eigenvalue weighted by molar-refractivity contribution is 5.98. The van der Waals surface area contributed by atoms with Crippen LogP contribution >= 0.6 is 0 Å². The summed E-state index contributed by atoms with van der Waals surface area (Å²) in [5, 5.41) is 0. The average molecular weight is 328 g/mol. The van der Waals surface area contributed by atoms with E-state index in [2.05, 4.69) is 24.3 Å². The first-order chi connectivity index (χ1) is 12.3. The maximum absolute atomic E-state index is 13.1. The molecule has 0 saturated heterocycles. The molecule has 0 radical (unpaired) electrons. The lowest BCUT2D eigenvalue weighted by atomic mass is 9.86. The van der Waals surface area contributed by atoms with Gasteiger partial charge in [-0.3, -0.25) is 9.59 Å². The van der Waals surface area contributed by atoms with Crippen molar-refractivity contribution in [3.63, 3.8) is 0 Å². The van der Waals surface area contributed by atoms with Crippen LogP contribution in [0.15, 0.2) is 84.9 Å². The fourth-order valence-corrected chi connectivity index (χ4v) is 3.02. The van der Waals surface area contributed by atoms with Gasteiger partial charge in [0.2, 0.25) is 0 Å². The monoisotopic (exact) mass is 328 g/mol. The zero-order chi connectivity index (χ0) is 17.5. The summed E-state index contributed by atoms with van der Waals surface area (Å²) in [6.45, 7) is 0. The quantitative estimate of drug-likeness (QED) is 0.462. The van der Waals surface area contributed by atoms with Crippen LogP contribution in [0.25, 0.3) is 0 Å². The van der Waals surface area contributed by atoms with E-state index in [1.165, 1.54) is 0 Å². The molecule has 0 atom stereocenters. The molecule has 0 unspecified atom stereocenters. The van der Waals surface area contributed by atoms with E-state index in [0.29, 0.717) is 24.0 Å². The Labute approximate surface area is 148 Å². The highest BCUT2D eigenvalue weighted by atomic mass is 16.1. The summed E-state index contributed by atoms with van der Waals surface area (Å²) in [6, 6.07) is 27.1. The molecule has 3 rings (SSSR count). The van der Waals surface area contributed by atoms with Crippen molar-refractivity contribution in [2.75, 3.05) is 0 Å². The topological polar surface area (TPSA) is 34.1 Å². The van der Waals surface area contributed by atoms with Gasteiger partial charge in [-0.25, -0.2) is 0 Å². The number of benzene rings is 3. The highest BCUT2D eigenvalue weighted by Gasteiger charge is 2.21. The van der Waals surface area contributed by atoms with Gasteiger partial charge in [0.1, 0.15) is 6.29 Å². The van der Waals surface area contributed by atoms with Crippen LogP contribution in [0.2, 0.25) is 0 Å². The Balaban J connectivity index is 1.85. The minimum atomic E-state index is -0.133. The van der Waals surface area contributed by atoms with Gasteiger partial charge in [0, 0.05) is 17.0 Å². The largest absolute Gasteiger partial charge is 0.298 e. The molecule has 3 aromatic rings. The molecular weight excluding hydrogens is 308 g/mol. The second kappa shape index (κ2) is 8.20. The minimum Gasteiger partial charge on any atom is -0.298 e. The summed E-state index contributed by atoms with van der Waals surface area (Å²) in [6.07, 6.45) is 2.19. The summed E-state index contributed by atoms with van der Waals surface area (Å²) >= 11 is 0. The molecule has 0 aliphatic rings. The van der Waals surface area contributed by atoms with Gasteiger partial charge in [0.15, 0.2) is 5.78 Å². The third kappa shape index (κ3) is 4.51. The summed E-state index contributed by atoms with van der Waals surface area (Å²) in [4.78, 5) is 23.9. The highest BCUT2D eigenvalue weighted by Crippen LogP contribution is 2.20. The summed E-state index contributed by atoms with van der Waals surface area (Å²) in [5.74, 6) is -0.0166. The van der Waals surface area contributed by atoms with Crippen molar-refractivity contribution in [1.29, 1.82) is 0 Å². The lowest BCUT2D eigenvalue weighted by Gasteiger charge is -2.16. The van der Waals surface area contributed by atoms with E-state index in [4.69, 9.17) is 0 Å². The third-order valence-electron chi connectivity index (χ3n) is 4.35. The molecule has 0 aliphatic carbocycles. The molecule has 0 heterocycles. The van der Waals surface area contributed by atoms with Gasteiger partial charge in [0.25, 0.3) is 0 Å². The van der Waals surface area contributed by atoms with Crippen molar-refractivity contribution in [3.05, 3.63) is 107 Å². The SMILES string of the molecule is O=Cc1ccc(C(=O)C(Cc2ccccc2)Cc2ccccc2)cc1. The number of ketones is 1. The summed E-state index contributed by atoms with van der Waals surface area (Å²) in [7, 11) is 0. The van der Waals surface area contributed by atoms with E-state index in [-0.39, 0.29) is 11.7 Å². The number of rotatable bonds is 7. The fraction of sp³-hybridized carbons (Fsp3) is 0.130. The van der Waals surface area contributed by atoms with Gasteiger partial charge in [-0.2, -0.15) is 0 Å². The van der Waals surface area contributed by atoms with E-state index in [1.54, 1.807) is 24.3 Å². The molecule has 0 aliphatic heterocycles. The zero-order valence-corrected chi connectivity index (χ0v) is 14.0. The van der Waals surface area contributed by atoms with E-state index >= 15 is 0 Å². The first-order valence-corrected chi connectivity index (χ1v) is 8.43. The van der Waals surface area contributed by atoms with Crippen LogP contribution in [0, 0.1) is 5.92 Å². The first kappa shape index (κ1) is 16.8. The molecule has 124 valence electrons. The molecule has 2 nitrogen and oxygen atoms in total. The number of hydrogen-bond donors (Lipinski definition) is 0. The fourth-order valence-electron chi connectivity index (χ4n) is 3.02. The molecule has 25 heavy (non-hydrogen) atoms. The van der Waals surface area contributed by atoms with Gasteiger partial charge in [0.05, 0.1) is 0 Å². The Morgan fingerprint density at radius 3 is 1.64 bits per heavy atom. The van der Waals surface area contributed by atoms with Crippen molar-refractivity contribution >= 4 is 12.1 Å². The minimum absolute atomic E-state index is 0.116. The Hall–Kier alpha value is -3.00.